The normalized spacial score (nSPS) is 11.2. The Hall–Kier alpha value is -1.66. The molecule has 1 aromatic carbocycles. The van der Waals surface area contributed by atoms with E-state index in [1.807, 2.05) is 24.3 Å². The second kappa shape index (κ2) is 5.27. The number of hydrogen-bond donors (Lipinski definition) is 1. The molecule has 0 aliphatic rings. The first-order chi connectivity index (χ1) is 10.0. The van der Waals surface area contributed by atoms with Crippen LogP contribution in [0, 0.1) is 6.92 Å². The fraction of sp³-hybridized carbons (Fsp3) is 0.200. The van der Waals surface area contributed by atoms with Gasteiger partial charge in [0.2, 0.25) is 0 Å². The summed E-state index contributed by atoms with van der Waals surface area (Å²) >= 11 is 4.98. The van der Waals surface area contributed by atoms with Crippen molar-refractivity contribution in [3.63, 3.8) is 0 Å². The van der Waals surface area contributed by atoms with Crippen molar-refractivity contribution in [3.8, 4) is 11.3 Å². The van der Waals surface area contributed by atoms with Crippen LogP contribution in [0.1, 0.15) is 28.0 Å². The van der Waals surface area contributed by atoms with Gasteiger partial charge in [0.1, 0.15) is 0 Å². The van der Waals surface area contributed by atoms with E-state index in [-0.39, 0.29) is 5.69 Å². The van der Waals surface area contributed by atoms with Crippen LogP contribution in [0.5, 0.6) is 0 Å². The molecule has 108 valence electrons. The zero-order valence-corrected chi connectivity index (χ0v) is 14.0. The van der Waals surface area contributed by atoms with Gasteiger partial charge in [-0.25, -0.2) is 9.78 Å². The van der Waals surface area contributed by atoms with Gasteiger partial charge in [0.05, 0.1) is 11.4 Å². The van der Waals surface area contributed by atoms with Crippen molar-refractivity contribution in [2.45, 2.75) is 20.3 Å². The molecule has 0 aliphatic carbocycles. The number of thiazole rings is 1. The molecule has 0 amide bonds. The van der Waals surface area contributed by atoms with Gasteiger partial charge in [0, 0.05) is 9.35 Å². The molecule has 0 spiro atoms. The number of carboxylic acids is 1. The fourth-order valence-electron chi connectivity index (χ4n) is 2.45. The number of aryl methyl sites for hydroxylation is 2. The lowest BCUT2D eigenvalue weighted by molar-refractivity contribution is 0.0688. The number of halogens is 1. The zero-order chi connectivity index (χ0) is 15.1. The Balaban J connectivity index is 2.38. The maximum absolute atomic E-state index is 11.6. The van der Waals surface area contributed by atoms with Crippen LogP contribution in [0.4, 0.5) is 0 Å². The highest BCUT2D eigenvalue weighted by molar-refractivity contribution is 9.10. The third-order valence-electron chi connectivity index (χ3n) is 3.36. The molecule has 4 nitrogen and oxygen atoms in total. The number of nitrogens with zero attached hydrogens (tertiary/aromatic N) is 2. The summed E-state index contributed by atoms with van der Waals surface area (Å²) in [6.07, 6.45) is 0.845. The summed E-state index contributed by atoms with van der Waals surface area (Å²) < 4.78 is 2.76. The molecular formula is C15H13BrN2O2S. The monoisotopic (exact) mass is 364 g/mol. The summed E-state index contributed by atoms with van der Waals surface area (Å²) in [6.45, 7) is 3.81. The minimum absolute atomic E-state index is 0.249. The molecule has 21 heavy (non-hydrogen) atoms. The van der Waals surface area contributed by atoms with Crippen molar-refractivity contribution in [3.05, 3.63) is 45.0 Å². The molecule has 0 saturated carbocycles. The van der Waals surface area contributed by atoms with E-state index in [9.17, 15) is 9.90 Å². The third-order valence-corrected chi connectivity index (χ3v) is 5.08. The lowest BCUT2D eigenvalue weighted by Gasteiger charge is -2.06. The van der Waals surface area contributed by atoms with Crippen LogP contribution in [0.15, 0.2) is 28.7 Å². The molecule has 3 aromatic rings. The number of carbonyl (C=O) groups is 1. The summed E-state index contributed by atoms with van der Waals surface area (Å²) in [6, 6.07) is 7.91. The maximum Gasteiger partial charge on any atom is 0.354 e. The van der Waals surface area contributed by atoms with E-state index in [2.05, 4.69) is 27.8 Å². The van der Waals surface area contributed by atoms with E-state index in [0.29, 0.717) is 5.69 Å². The molecule has 3 rings (SSSR count). The van der Waals surface area contributed by atoms with Crippen LogP contribution in [-0.2, 0) is 6.42 Å². The Bertz CT molecular complexity index is 834. The van der Waals surface area contributed by atoms with Crippen molar-refractivity contribution in [1.82, 2.24) is 9.38 Å². The van der Waals surface area contributed by atoms with Crippen LogP contribution >= 0.6 is 27.3 Å². The number of carboxylic acid groups (broad SMARTS) is 1. The second-order valence-electron chi connectivity index (χ2n) is 4.70. The molecule has 0 fully saturated rings. The number of rotatable bonds is 3. The molecule has 6 heteroatoms. The Morgan fingerprint density at radius 1 is 1.38 bits per heavy atom. The summed E-state index contributed by atoms with van der Waals surface area (Å²) in [7, 11) is 0. The average molecular weight is 365 g/mol. The standard InChI is InChI=1S/C15H13BrN2O2S/c1-3-11-13(9-4-6-10(16)7-5-9)18-12(14(19)20)8(2)17-15(18)21-11/h4-7H,3H2,1-2H3,(H,19,20). The predicted octanol–water partition coefficient (Wildman–Crippen LogP) is 4.39. The van der Waals surface area contributed by atoms with Crippen LogP contribution in [0.2, 0.25) is 0 Å². The maximum atomic E-state index is 11.6. The van der Waals surface area contributed by atoms with Crippen LogP contribution in [-0.4, -0.2) is 20.5 Å². The van der Waals surface area contributed by atoms with Gasteiger partial charge in [-0.3, -0.25) is 4.40 Å². The lowest BCUT2D eigenvalue weighted by atomic mass is 10.1. The van der Waals surface area contributed by atoms with E-state index in [4.69, 9.17) is 0 Å². The Kier molecular flexibility index (Phi) is 3.59. The van der Waals surface area contributed by atoms with Gasteiger partial charge in [-0.15, -0.1) is 11.3 Å². The number of aromatic carboxylic acids is 1. The molecule has 1 N–H and O–H groups in total. The number of hydrogen-bond acceptors (Lipinski definition) is 3. The molecule has 0 unspecified atom stereocenters. The van der Waals surface area contributed by atoms with Crippen molar-refractivity contribution in [1.29, 1.82) is 0 Å². The smallest absolute Gasteiger partial charge is 0.354 e. The Labute approximate surface area is 134 Å². The van der Waals surface area contributed by atoms with Crippen LogP contribution in [0.3, 0.4) is 0 Å². The molecule has 0 aliphatic heterocycles. The number of aromatic nitrogens is 2. The molecule has 0 bridgehead atoms. The van der Waals surface area contributed by atoms with E-state index in [0.717, 1.165) is 32.0 Å². The number of imidazole rings is 1. The van der Waals surface area contributed by atoms with Crippen molar-refractivity contribution in [2.24, 2.45) is 0 Å². The Morgan fingerprint density at radius 3 is 2.62 bits per heavy atom. The van der Waals surface area contributed by atoms with E-state index in [1.54, 1.807) is 22.7 Å². The summed E-state index contributed by atoms with van der Waals surface area (Å²) in [5.74, 6) is -0.946. The summed E-state index contributed by atoms with van der Waals surface area (Å²) in [5, 5.41) is 9.49. The molecule has 2 heterocycles. The quantitative estimate of drug-likeness (QED) is 0.749. The van der Waals surface area contributed by atoms with Gasteiger partial charge < -0.3 is 5.11 Å². The molecule has 0 saturated heterocycles. The number of benzene rings is 1. The SMILES string of the molecule is CCc1sc2nc(C)c(C(=O)O)n2c1-c1ccc(Br)cc1. The highest BCUT2D eigenvalue weighted by Crippen LogP contribution is 2.34. The zero-order valence-electron chi connectivity index (χ0n) is 11.6. The van der Waals surface area contributed by atoms with Crippen molar-refractivity contribution < 1.29 is 9.90 Å². The highest BCUT2D eigenvalue weighted by Gasteiger charge is 2.23. The molecule has 2 aromatic heterocycles. The first-order valence-corrected chi connectivity index (χ1v) is 8.13. The second-order valence-corrected chi connectivity index (χ2v) is 6.68. The van der Waals surface area contributed by atoms with Crippen molar-refractivity contribution >= 4 is 38.2 Å². The first kappa shape index (κ1) is 14.3. The summed E-state index contributed by atoms with van der Waals surface area (Å²) in [4.78, 5) is 17.8. The fourth-order valence-corrected chi connectivity index (χ4v) is 3.84. The molecule has 0 atom stereocenters. The average Bonchev–Trinajstić information content (AvgIpc) is 2.93. The van der Waals surface area contributed by atoms with Crippen molar-refractivity contribution in [2.75, 3.05) is 0 Å². The first-order valence-electron chi connectivity index (χ1n) is 6.53. The highest BCUT2D eigenvalue weighted by atomic mass is 79.9. The van der Waals surface area contributed by atoms with Gasteiger partial charge in [-0.2, -0.15) is 0 Å². The predicted molar refractivity (Wildman–Crippen MR) is 87.3 cm³/mol. The molecular weight excluding hydrogens is 352 g/mol. The lowest BCUT2D eigenvalue weighted by Crippen LogP contribution is -2.04. The van der Waals surface area contributed by atoms with Crippen LogP contribution < -0.4 is 0 Å². The minimum atomic E-state index is -0.946. The van der Waals surface area contributed by atoms with Gasteiger partial charge in [-0.1, -0.05) is 35.0 Å². The van der Waals surface area contributed by atoms with Gasteiger partial charge in [0.15, 0.2) is 10.7 Å². The number of fused-ring (bicyclic) bond motifs is 1. The summed E-state index contributed by atoms with van der Waals surface area (Å²) in [5.41, 5.74) is 2.73. The van der Waals surface area contributed by atoms with Crippen LogP contribution in [0.25, 0.3) is 16.2 Å². The van der Waals surface area contributed by atoms with E-state index < -0.39 is 5.97 Å². The van der Waals surface area contributed by atoms with Gasteiger partial charge in [-0.05, 0) is 31.0 Å². The minimum Gasteiger partial charge on any atom is -0.477 e. The third kappa shape index (κ3) is 2.28. The molecule has 0 radical (unpaired) electrons. The van der Waals surface area contributed by atoms with E-state index in [1.165, 1.54) is 0 Å². The Morgan fingerprint density at radius 2 is 2.05 bits per heavy atom. The van der Waals surface area contributed by atoms with Gasteiger partial charge in [0.25, 0.3) is 0 Å². The van der Waals surface area contributed by atoms with Gasteiger partial charge >= 0.3 is 5.97 Å². The largest absolute Gasteiger partial charge is 0.477 e. The topological polar surface area (TPSA) is 54.6 Å². The van der Waals surface area contributed by atoms with E-state index >= 15 is 0 Å².